The van der Waals surface area contributed by atoms with Crippen LogP contribution in [0.1, 0.15) is 62.6 Å². The van der Waals surface area contributed by atoms with Crippen LogP contribution in [0.4, 0.5) is 0 Å². The zero-order valence-electron chi connectivity index (χ0n) is 10.8. The Hall–Kier alpha value is -0.410. The zero-order valence-corrected chi connectivity index (χ0v) is 11.6. The van der Waals surface area contributed by atoms with Gasteiger partial charge in [-0.05, 0) is 50.9 Å². The molecule has 0 radical (unpaired) electrons. The lowest BCUT2D eigenvalue weighted by Crippen LogP contribution is -2.32. The fourth-order valence-electron chi connectivity index (χ4n) is 2.58. The molecule has 0 amide bonds. The van der Waals surface area contributed by atoms with Crippen molar-refractivity contribution in [2.75, 3.05) is 0 Å². The van der Waals surface area contributed by atoms with Crippen LogP contribution in [0.15, 0.2) is 5.38 Å². The van der Waals surface area contributed by atoms with E-state index in [1.807, 2.05) is 11.3 Å². The van der Waals surface area contributed by atoms with Crippen molar-refractivity contribution in [3.8, 4) is 0 Å². The van der Waals surface area contributed by atoms with Gasteiger partial charge in [-0.1, -0.05) is 6.92 Å². The summed E-state index contributed by atoms with van der Waals surface area (Å²) in [6.07, 6.45) is 6.63. The number of aromatic nitrogens is 1. The predicted octanol–water partition coefficient (Wildman–Crippen LogP) is 3.63. The minimum Gasteiger partial charge on any atom is -0.320 e. The van der Waals surface area contributed by atoms with Gasteiger partial charge in [-0.25, -0.2) is 4.98 Å². The smallest absolute Gasteiger partial charge is 0.0965 e. The maximum atomic E-state index is 6.28. The van der Waals surface area contributed by atoms with E-state index in [-0.39, 0.29) is 5.54 Å². The van der Waals surface area contributed by atoms with Crippen LogP contribution in [0.2, 0.25) is 0 Å². The molecular formula is C14H22N2S. The van der Waals surface area contributed by atoms with Crippen molar-refractivity contribution in [2.45, 2.75) is 57.4 Å². The number of hydrogen-bond acceptors (Lipinski definition) is 3. The second-order valence-electron chi connectivity index (χ2n) is 6.04. The molecule has 0 spiro atoms. The lowest BCUT2D eigenvalue weighted by molar-refractivity contribution is 0.458. The molecule has 3 heteroatoms. The van der Waals surface area contributed by atoms with Gasteiger partial charge < -0.3 is 5.73 Å². The van der Waals surface area contributed by atoms with E-state index in [1.165, 1.54) is 30.7 Å². The summed E-state index contributed by atoms with van der Waals surface area (Å²) in [6, 6.07) is 0. The molecule has 0 aromatic carbocycles. The second-order valence-corrected chi connectivity index (χ2v) is 6.93. The molecule has 0 saturated heterocycles. The maximum Gasteiger partial charge on any atom is 0.0965 e. The van der Waals surface area contributed by atoms with Gasteiger partial charge in [-0.3, -0.25) is 0 Å². The van der Waals surface area contributed by atoms with Gasteiger partial charge in [0.1, 0.15) is 0 Å². The minimum absolute atomic E-state index is 0.244. The normalized spacial score (nSPS) is 24.0. The highest BCUT2D eigenvalue weighted by molar-refractivity contribution is 7.09. The van der Waals surface area contributed by atoms with Crippen LogP contribution in [0.5, 0.6) is 0 Å². The number of thiazole rings is 1. The van der Waals surface area contributed by atoms with E-state index < -0.39 is 0 Å². The van der Waals surface area contributed by atoms with E-state index in [2.05, 4.69) is 19.2 Å². The summed E-state index contributed by atoms with van der Waals surface area (Å²) in [5.41, 5.74) is 7.14. The molecule has 1 aromatic heterocycles. The first-order valence-corrected chi connectivity index (χ1v) is 7.74. The number of hydrogen-bond donors (Lipinski definition) is 1. The summed E-state index contributed by atoms with van der Waals surface area (Å²) in [6.45, 7) is 4.23. The fraction of sp³-hybridized carbons (Fsp3) is 0.786. The zero-order chi connectivity index (χ0) is 12.0. The van der Waals surface area contributed by atoms with Gasteiger partial charge in [0.25, 0.3) is 0 Å². The first-order valence-electron chi connectivity index (χ1n) is 6.86. The molecular weight excluding hydrogens is 228 g/mol. The van der Waals surface area contributed by atoms with Gasteiger partial charge in [-0.2, -0.15) is 0 Å². The van der Waals surface area contributed by atoms with Gasteiger partial charge in [0.15, 0.2) is 0 Å². The molecule has 2 fully saturated rings. The van der Waals surface area contributed by atoms with Gasteiger partial charge in [0.05, 0.1) is 16.2 Å². The number of nitrogens with two attached hydrogens (primary N) is 1. The highest BCUT2D eigenvalue weighted by Crippen LogP contribution is 2.55. The first-order chi connectivity index (χ1) is 8.12. The van der Waals surface area contributed by atoms with Crippen LogP contribution in [-0.4, -0.2) is 4.98 Å². The van der Waals surface area contributed by atoms with Gasteiger partial charge >= 0.3 is 0 Å². The summed E-state index contributed by atoms with van der Waals surface area (Å²) < 4.78 is 0. The third-order valence-corrected chi connectivity index (χ3v) is 5.33. The van der Waals surface area contributed by atoms with Crippen LogP contribution >= 0.6 is 11.3 Å². The van der Waals surface area contributed by atoms with Crippen LogP contribution in [0, 0.1) is 11.8 Å². The summed E-state index contributed by atoms with van der Waals surface area (Å²) >= 11 is 1.85. The third-order valence-electron chi connectivity index (χ3n) is 4.39. The molecule has 3 rings (SSSR count). The molecule has 1 heterocycles. The molecule has 94 valence electrons. The van der Waals surface area contributed by atoms with Crippen molar-refractivity contribution < 1.29 is 0 Å². The third kappa shape index (κ3) is 2.27. The standard InChI is InChI=1S/C14H22N2S/c1-3-14(2,15)11-8-17-13(16-11)12(9-4-5-9)10-6-7-10/h8-10,12H,3-7,15H2,1-2H3. The molecule has 1 unspecified atom stereocenters. The molecule has 2 nitrogen and oxygen atoms in total. The minimum atomic E-state index is -0.244. The molecule has 2 saturated carbocycles. The Kier molecular flexibility index (Phi) is 2.79. The van der Waals surface area contributed by atoms with E-state index in [4.69, 9.17) is 10.7 Å². The molecule has 1 atom stereocenters. The summed E-state index contributed by atoms with van der Waals surface area (Å²) in [5.74, 6) is 2.64. The molecule has 1 aromatic rings. The van der Waals surface area contributed by atoms with Crippen molar-refractivity contribution in [1.29, 1.82) is 0 Å². The maximum absolute atomic E-state index is 6.28. The van der Waals surface area contributed by atoms with Crippen molar-refractivity contribution >= 4 is 11.3 Å². The molecule has 2 N–H and O–H groups in total. The fourth-order valence-corrected chi connectivity index (χ4v) is 3.83. The summed E-state index contributed by atoms with van der Waals surface area (Å²) in [7, 11) is 0. The summed E-state index contributed by atoms with van der Waals surface area (Å²) in [4.78, 5) is 4.87. The van der Waals surface area contributed by atoms with E-state index in [1.54, 1.807) is 0 Å². The Labute approximate surface area is 108 Å². The van der Waals surface area contributed by atoms with E-state index in [0.29, 0.717) is 0 Å². The average Bonchev–Trinajstić information content (AvgIpc) is 3.21. The SMILES string of the molecule is CCC(C)(N)c1csc(C(C2CC2)C2CC2)n1. The molecule has 2 aliphatic carbocycles. The van der Waals surface area contributed by atoms with Crippen molar-refractivity contribution in [3.63, 3.8) is 0 Å². The lowest BCUT2D eigenvalue weighted by atomic mass is 9.96. The highest BCUT2D eigenvalue weighted by atomic mass is 32.1. The topological polar surface area (TPSA) is 38.9 Å². The van der Waals surface area contributed by atoms with Crippen LogP contribution in [-0.2, 0) is 5.54 Å². The Morgan fingerprint density at radius 2 is 2.00 bits per heavy atom. The monoisotopic (exact) mass is 250 g/mol. The largest absolute Gasteiger partial charge is 0.320 e. The van der Waals surface area contributed by atoms with Crippen LogP contribution in [0.25, 0.3) is 0 Å². The van der Waals surface area contributed by atoms with Gasteiger partial charge in [0.2, 0.25) is 0 Å². The Morgan fingerprint density at radius 1 is 1.41 bits per heavy atom. The molecule has 2 aliphatic rings. The van der Waals surface area contributed by atoms with Gasteiger partial charge in [-0.15, -0.1) is 11.3 Å². The van der Waals surface area contributed by atoms with E-state index >= 15 is 0 Å². The quantitative estimate of drug-likeness (QED) is 0.866. The van der Waals surface area contributed by atoms with Crippen LogP contribution < -0.4 is 5.73 Å². The molecule has 17 heavy (non-hydrogen) atoms. The van der Waals surface area contributed by atoms with Crippen LogP contribution in [0.3, 0.4) is 0 Å². The number of nitrogens with zero attached hydrogens (tertiary/aromatic N) is 1. The van der Waals surface area contributed by atoms with Crippen molar-refractivity contribution in [1.82, 2.24) is 4.98 Å². The molecule has 0 aliphatic heterocycles. The Balaban J connectivity index is 1.83. The predicted molar refractivity (Wildman–Crippen MR) is 72.1 cm³/mol. The lowest BCUT2D eigenvalue weighted by Gasteiger charge is -2.20. The Morgan fingerprint density at radius 3 is 2.47 bits per heavy atom. The van der Waals surface area contributed by atoms with Crippen molar-refractivity contribution in [3.05, 3.63) is 16.1 Å². The Bertz CT molecular complexity index is 390. The van der Waals surface area contributed by atoms with Gasteiger partial charge in [0, 0.05) is 11.3 Å². The first kappa shape index (κ1) is 11.7. The highest BCUT2D eigenvalue weighted by Gasteiger charge is 2.44. The molecule has 0 bridgehead atoms. The van der Waals surface area contributed by atoms with E-state index in [0.717, 1.165) is 29.9 Å². The van der Waals surface area contributed by atoms with Crippen molar-refractivity contribution in [2.24, 2.45) is 17.6 Å². The average molecular weight is 250 g/mol. The van der Waals surface area contributed by atoms with E-state index in [9.17, 15) is 0 Å². The summed E-state index contributed by atoms with van der Waals surface area (Å²) in [5, 5.41) is 3.56. The second kappa shape index (κ2) is 4.06. The number of rotatable bonds is 5.